The first kappa shape index (κ1) is 8.60. The minimum absolute atomic E-state index is 0.747. The predicted molar refractivity (Wildman–Crippen MR) is 53.9 cm³/mol. The molecule has 1 aromatic heterocycles. The molecule has 3 nitrogen and oxygen atoms in total. The largest absolute Gasteiger partial charge is 0.370 e. The summed E-state index contributed by atoms with van der Waals surface area (Å²) in [6.07, 6.45) is 2.26. The molecule has 0 bridgehead atoms. The van der Waals surface area contributed by atoms with E-state index >= 15 is 0 Å². The SMILES string of the molecule is CCc1cc2n(n1)CC(CC)CN2. The molecule has 0 fully saturated rings. The summed E-state index contributed by atoms with van der Waals surface area (Å²) in [5, 5.41) is 7.94. The van der Waals surface area contributed by atoms with Crippen LogP contribution in [0.1, 0.15) is 26.0 Å². The lowest BCUT2D eigenvalue weighted by molar-refractivity contribution is 0.403. The molecule has 0 aliphatic carbocycles. The standard InChI is InChI=1S/C10H17N3/c1-3-8-6-11-10-5-9(4-2)12-13(10)7-8/h5,8,11H,3-4,6-7H2,1-2H3. The topological polar surface area (TPSA) is 29.9 Å². The van der Waals surface area contributed by atoms with Gasteiger partial charge in [-0.3, -0.25) is 0 Å². The number of aromatic nitrogens is 2. The van der Waals surface area contributed by atoms with Crippen LogP contribution in [0.25, 0.3) is 0 Å². The molecule has 0 saturated heterocycles. The molecule has 2 rings (SSSR count). The Morgan fingerprint density at radius 2 is 2.46 bits per heavy atom. The Kier molecular flexibility index (Phi) is 2.25. The maximum absolute atomic E-state index is 4.52. The van der Waals surface area contributed by atoms with E-state index in [1.165, 1.54) is 17.9 Å². The highest BCUT2D eigenvalue weighted by molar-refractivity contribution is 5.38. The van der Waals surface area contributed by atoms with E-state index in [0.29, 0.717) is 0 Å². The van der Waals surface area contributed by atoms with E-state index in [4.69, 9.17) is 0 Å². The summed E-state index contributed by atoms with van der Waals surface area (Å²) in [6, 6.07) is 2.16. The highest BCUT2D eigenvalue weighted by atomic mass is 15.3. The third-order valence-corrected chi connectivity index (χ3v) is 2.77. The van der Waals surface area contributed by atoms with E-state index in [1.807, 2.05) is 0 Å². The van der Waals surface area contributed by atoms with Crippen LogP contribution in [0.4, 0.5) is 5.82 Å². The summed E-state index contributed by atoms with van der Waals surface area (Å²) in [5.41, 5.74) is 1.19. The van der Waals surface area contributed by atoms with Crippen molar-refractivity contribution < 1.29 is 0 Å². The van der Waals surface area contributed by atoms with Gasteiger partial charge >= 0.3 is 0 Å². The number of anilines is 1. The van der Waals surface area contributed by atoms with Crippen LogP contribution in [0.2, 0.25) is 0 Å². The second-order valence-electron chi connectivity index (χ2n) is 3.71. The first-order chi connectivity index (χ1) is 6.33. The zero-order valence-electron chi connectivity index (χ0n) is 8.38. The Balaban J connectivity index is 2.19. The van der Waals surface area contributed by atoms with Crippen LogP contribution in [0.15, 0.2) is 6.07 Å². The van der Waals surface area contributed by atoms with Crippen molar-refractivity contribution in [3.63, 3.8) is 0 Å². The lowest BCUT2D eigenvalue weighted by atomic mass is 10.1. The Labute approximate surface area is 79.1 Å². The molecule has 1 aromatic rings. The van der Waals surface area contributed by atoms with Crippen molar-refractivity contribution in [2.45, 2.75) is 33.2 Å². The van der Waals surface area contributed by atoms with Crippen molar-refractivity contribution in [1.82, 2.24) is 9.78 Å². The van der Waals surface area contributed by atoms with E-state index in [9.17, 15) is 0 Å². The van der Waals surface area contributed by atoms with Gasteiger partial charge in [-0.2, -0.15) is 5.10 Å². The van der Waals surface area contributed by atoms with Crippen molar-refractivity contribution in [3.05, 3.63) is 11.8 Å². The van der Waals surface area contributed by atoms with Crippen molar-refractivity contribution in [3.8, 4) is 0 Å². The second kappa shape index (κ2) is 3.40. The van der Waals surface area contributed by atoms with Gasteiger partial charge in [0.15, 0.2) is 0 Å². The zero-order valence-corrected chi connectivity index (χ0v) is 8.38. The first-order valence-corrected chi connectivity index (χ1v) is 5.14. The highest BCUT2D eigenvalue weighted by Crippen LogP contribution is 2.20. The van der Waals surface area contributed by atoms with Gasteiger partial charge < -0.3 is 5.32 Å². The van der Waals surface area contributed by atoms with Gasteiger partial charge in [0.1, 0.15) is 5.82 Å². The molecule has 0 amide bonds. The average Bonchev–Trinajstić information content (AvgIpc) is 2.58. The van der Waals surface area contributed by atoms with Crippen LogP contribution in [0.3, 0.4) is 0 Å². The minimum atomic E-state index is 0.747. The van der Waals surface area contributed by atoms with Gasteiger partial charge in [-0.15, -0.1) is 0 Å². The third kappa shape index (κ3) is 1.55. The van der Waals surface area contributed by atoms with Crippen LogP contribution >= 0.6 is 0 Å². The molecule has 1 aliphatic rings. The van der Waals surface area contributed by atoms with Gasteiger partial charge in [0.2, 0.25) is 0 Å². The molecule has 0 saturated carbocycles. The molecule has 1 aliphatic heterocycles. The molecule has 3 heteroatoms. The summed E-state index contributed by atoms with van der Waals surface area (Å²) >= 11 is 0. The fourth-order valence-corrected chi connectivity index (χ4v) is 1.76. The van der Waals surface area contributed by atoms with Gasteiger partial charge in [-0.1, -0.05) is 13.8 Å². The third-order valence-electron chi connectivity index (χ3n) is 2.77. The second-order valence-corrected chi connectivity index (χ2v) is 3.71. The fraction of sp³-hybridized carbons (Fsp3) is 0.700. The van der Waals surface area contributed by atoms with Crippen molar-refractivity contribution in [2.24, 2.45) is 5.92 Å². The van der Waals surface area contributed by atoms with E-state index < -0.39 is 0 Å². The fourth-order valence-electron chi connectivity index (χ4n) is 1.76. The van der Waals surface area contributed by atoms with Gasteiger partial charge in [0.05, 0.1) is 5.69 Å². The molecule has 1 N–H and O–H groups in total. The van der Waals surface area contributed by atoms with E-state index in [2.05, 4.69) is 35.0 Å². The molecule has 1 atom stereocenters. The number of nitrogens with zero attached hydrogens (tertiary/aromatic N) is 2. The maximum atomic E-state index is 4.52. The lowest BCUT2D eigenvalue weighted by Crippen LogP contribution is -2.27. The Morgan fingerprint density at radius 1 is 1.62 bits per heavy atom. The predicted octanol–water partition coefficient (Wildman–Crippen LogP) is 1.90. The van der Waals surface area contributed by atoms with E-state index in [-0.39, 0.29) is 0 Å². The number of hydrogen-bond donors (Lipinski definition) is 1. The Morgan fingerprint density at radius 3 is 3.15 bits per heavy atom. The van der Waals surface area contributed by atoms with Crippen molar-refractivity contribution in [2.75, 3.05) is 11.9 Å². The smallest absolute Gasteiger partial charge is 0.124 e. The van der Waals surface area contributed by atoms with Gasteiger partial charge in [0.25, 0.3) is 0 Å². The van der Waals surface area contributed by atoms with Gasteiger partial charge in [-0.25, -0.2) is 4.68 Å². The maximum Gasteiger partial charge on any atom is 0.124 e. The van der Waals surface area contributed by atoms with E-state index in [1.54, 1.807) is 0 Å². The molecule has 0 spiro atoms. The zero-order chi connectivity index (χ0) is 9.26. The number of aryl methyl sites for hydroxylation is 1. The van der Waals surface area contributed by atoms with Crippen LogP contribution in [-0.4, -0.2) is 16.3 Å². The molecule has 72 valence electrons. The van der Waals surface area contributed by atoms with Crippen LogP contribution < -0.4 is 5.32 Å². The first-order valence-electron chi connectivity index (χ1n) is 5.14. The summed E-state index contributed by atoms with van der Waals surface area (Å²) in [7, 11) is 0. The number of rotatable bonds is 2. The van der Waals surface area contributed by atoms with Crippen LogP contribution in [-0.2, 0) is 13.0 Å². The lowest BCUT2D eigenvalue weighted by Gasteiger charge is -2.23. The molecule has 2 heterocycles. The number of nitrogens with one attached hydrogen (secondary N) is 1. The van der Waals surface area contributed by atoms with E-state index in [0.717, 1.165) is 25.4 Å². The van der Waals surface area contributed by atoms with Gasteiger partial charge in [-0.05, 0) is 18.8 Å². The van der Waals surface area contributed by atoms with Gasteiger partial charge in [0, 0.05) is 19.2 Å². The molecule has 13 heavy (non-hydrogen) atoms. The molecular weight excluding hydrogens is 162 g/mol. The van der Waals surface area contributed by atoms with Crippen LogP contribution in [0, 0.1) is 5.92 Å². The molecule has 1 unspecified atom stereocenters. The normalized spacial score (nSPS) is 20.9. The summed E-state index contributed by atoms with van der Waals surface area (Å²) in [6.45, 7) is 6.57. The monoisotopic (exact) mass is 179 g/mol. The Bertz CT molecular complexity index is 290. The highest BCUT2D eigenvalue weighted by Gasteiger charge is 2.17. The Hall–Kier alpha value is -0.990. The number of fused-ring (bicyclic) bond motifs is 1. The average molecular weight is 179 g/mol. The summed E-state index contributed by atoms with van der Waals surface area (Å²) < 4.78 is 2.11. The molecule has 0 aromatic carbocycles. The summed E-state index contributed by atoms with van der Waals surface area (Å²) in [5.74, 6) is 1.94. The molecule has 0 radical (unpaired) electrons. The quantitative estimate of drug-likeness (QED) is 0.751. The van der Waals surface area contributed by atoms with Crippen LogP contribution in [0.5, 0.6) is 0 Å². The van der Waals surface area contributed by atoms with Crippen molar-refractivity contribution >= 4 is 5.82 Å². The summed E-state index contributed by atoms with van der Waals surface area (Å²) in [4.78, 5) is 0. The van der Waals surface area contributed by atoms with Crippen molar-refractivity contribution in [1.29, 1.82) is 0 Å². The number of hydrogen-bond acceptors (Lipinski definition) is 2. The molecular formula is C10H17N3. The minimum Gasteiger partial charge on any atom is -0.370 e.